The van der Waals surface area contributed by atoms with Crippen LogP contribution in [0.15, 0.2) is 29.3 Å². The Hall–Kier alpha value is -1.48. The summed E-state index contributed by atoms with van der Waals surface area (Å²) in [6.45, 7) is 4.33. The van der Waals surface area contributed by atoms with Gasteiger partial charge in [0.1, 0.15) is 10.7 Å². The Labute approximate surface area is 151 Å². The van der Waals surface area contributed by atoms with Crippen LogP contribution in [-0.2, 0) is 23.6 Å². The van der Waals surface area contributed by atoms with Crippen LogP contribution in [0, 0.1) is 12.7 Å². The Balaban J connectivity index is 1.65. The average molecular weight is 387 g/mol. The number of benzene rings is 1. The molecule has 6 nitrogen and oxygen atoms in total. The van der Waals surface area contributed by atoms with Crippen LogP contribution in [0.1, 0.15) is 11.3 Å². The quantitative estimate of drug-likeness (QED) is 0.806. The van der Waals surface area contributed by atoms with Gasteiger partial charge in [-0.1, -0.05) is 17.7 Å². The first-order valence-corrected chi connectivity index (χ1v) is 9.76. The van der Waals surface area contributed by atoms with Gasteiger partial charge < -0.3 is 0 Å². The minimum atomic E-state index is -3.53. The Morgan fingerprint density at radius 1 is 1.24 bits per heavy atom. The van der Waals surface area contributed by atoms with Gasteiger partial charge in [0, 0.05) is 46.0 Å². The highest BCUT2D eigenvalue weighted by atomic mass is 35.5. The Bertz CT molecular complexity index is 876. The standard InChI is InChI=1S/C16H20ClFN4O2S/c1-12-16(11-20(2)19-12)25(23,24)22-7-5-21(6-8-22)10-13-3-4-15(18)14(17)9-13/h3-4,9,11H,5-8,10H2,1-2H3. The highest BCUT2D eigenvalue weighted by molar-refractivity contribution is 7.89. The van der Waals surface area contributed by atoms with Crippen molar-refractivity contribution < 1.29 is 12.8 Å². The topological polar surface area (TPSA) is 58.4 Å². The zero-order valence-corrected chi connectivity index (χ0v) is 15.7. The summed E-state index contributed by atoms with van der Waals surface area (Å²) in [4.78, 5) is 2.39. The molecule has 0 saturated carbocycles. The van der Waals surface area contributed by atoms with E-state index < -0.39 is 15.8 Å². The minimum Gasteiger partial charge on any atom is -0.296 e. The summed E-state index contributed by atoms with van der Waals surface area (Å²) in [5, 5.41) is 4.22. The van der Waals surface area contributed by atoms with Gasteiger partial charge in [-0.2, -0.15) is 9.40 Å². The van der Waals surface area contributed by atoms with Gasteiger partial charge in [0.25, 0.3) is 0 Å². The molecule has 0 amide bonds. The highest BCUT2D eigenvalue weighted by Crippen LogP contribution is 2.22. The molecular formula is C16H20ClFN4O2S. The summed E-state index contributed by atoms with van der Waals surface area (Å²) in [6.07, 6.45) is 1.54. The zero-order chi connectivity index (χ0) is 18.2. The predicted octanol–water partition coefficient (Wildman–Crippen LogP) is 2.03. The van der Waals surface area contributed by atoms with Gasteiger partial charge in [-0.25, -0.2) is 12.8 Å². The molecular weight excluding hydrogens is 367 g/mol. The molecule has 0 aliphatic carbocycles. The van der Waals surface area contributed by atoms with Crippen molar-refractivity contribution in [3.63, 3.8) is 0 Å². The first-order chi connectivity index (χ1) is 11.8. The van der Waals surface area contributed by atoms with Gasteiger partial charge in [0.05, 0.1) is 10.7 Å². The summed E-state index contributed by atoms with van der Waals surface area (Å²) < 4.78 is 41.8. The van der Waals surface area contributed by atoms with E-state index in [-0.39, 0.29) is 9.92 Å². The monoisotopic (exact) mass is 386 g/mol. The van der Waals surface area contributed by atoms with Crippen molar-refractivity contribution in [3.8, 4) is 0 Å². The second-order valence-electron chi connectivity index (χ2n) is 6.18. The molecule has 136 valence electrons. The van der Waals surface area contributed by atoms with Crippen molar-refractivity contribution >= 4 is 21.6 Å². The minimum absolute atomic E-state index is 0.103. The first kappa shape index (κ1) is 18.3. The largest absolute Gasteiger partial charge is 0.296 e. The number of hydrogen-bond donors (Lipinski definition) is 0. The molecule has 3 rings (SSSR count). The highest BCUT2D eigenvalue weighted by Gasteiger charge is 2.31. The molecule has 0 unspecified atom stereocenters. The maximum Gasteiger partial charge on any atom is 0.246 e. The molecule has 0 atom stereocenters. The molecule has 9 heteroatoms. The van der Waals surface area contributed by atoms with Crippen LogP contribution in [0.25, 0.3) is 0 Å². The van der Waals surface area contributed by atoms with Crippen LogP contribution >= 0.6 is 11.6 Å². The summed E-state index contributed by atoms with van der Waals surface area (Å²) in [5.41, 5.74) is 1.41. The van der Waals surface area contributed by atoms with E-state index in [1.807, 2.05) is 0 Å². The normalized spacial score (nSPS) is 17.1. The number of aromatic nitrogens is 2. The lowest BCUT2D eigenvalue weighted by atomic mass is 10.2. The van der Waals surface area contributed by atoms with E-state index in [0.29, 0.717) is 38.4 Å². The summed E-state index contributed by atoms with van der Waals surface area (Å²) >= 11 is 5.81. The van der Waals surface area contributed by atoms with Crippen molar-refractivity contribution in [1.29, 1.82) is 0 Å². The SMILES string of the molecule is Cc1nn(C)cc1S(=O)(=O)N1CCN(Cc2ccc(F)c(Cl)c2)CC1. The number of hydrogen-bond acceptors (Lipinski definition) is 4. The van der Waals surface area contributed by atoms with Crippen LogP contribution in [0.5, 0.6) is 0 Å². The molecule has 1 aliphatic heterocycles. The Morgan fingerprint density at radius 3 is 2.48 bits per heavy atom. The maximum absolute atomic E-state index is 13.2. The first-order valence-electron chi connectivity index (χ1n) is 7.94. The summed E-state index contributed by atoms with van der Waals surface area (Å²) in [5.74, 6) is -0.437. The van der Waals surface area contributed by atoms with Gasteiger partial charge in [0.15, 0.2) is 0 Å². The molecule has 0 spiro atoms. The third-order valence-corrected chi connectivity index (χ3v) is 6.60. The third-order valence-electron chi connectivity index (χ3n) is 4.31. The zero-order valence-electron chi connectivity index (χ0n) is 14.1. The van der Waals surface area contributed by atoms with Crippen molar-refractivity contribution in [2.24, 2.45) is 7.05 Å². The van der Waals surface area contributed by atoms with Crippen molar-refractivity contribution in [1.82, 2.24) is 19.0 Å². The molecule has 0 radical (unpaired) electrons. The fourth-order valence-corrected chi connectivity index (χ4v) is 4.82. The van der Waals surface area contributed by atoms with Crippen LogP contribution in [0.2, 0.25) is 5.02 Å². The lowest BCUT2D eigenvalue weighted by Gasteiger charge is -2.33. The fourth-order valence-electron chi connectivity index (χ4n) is 2.99. The number of sulfonamides is 1. The van der Waals surface area contributed by atoms with Crippen LogP contribution in [0.3, 0.4) is 0 Å². The van der Waals surface area contributed by atoms with Crippen molar-refractivity contribution in [3.05, 3.63) is 46.5 Å². The van der Waals surface area contributed by atoms with Gasteiger partial charge in [-0.3, -0.25) is 9.58 Å². The second-order valence-corrected chi connectivity index (χ2v) is 8.49. The Kier molecular flexibility index (Phi) is 5.15. The lowest BCUT2D eigenvalue weighted by Crippen LogP contribution is -2.48. The molecule has 2 heterocycles. The van der Waals surface area contributed by atoms with E-state index >= 15 is 0 Å². The summed E-state index contributed by atoms with van der Waals surface area (Å²) in [7, 11) is -1.82. The third kappa shape index (κ3) is 3.87. The van der Waals surface area contributed by atoms with E-state index in [0.717, 1.165) is 5.56 Å². The number of nitrogens with zero attached hydrogens (tertiary/aromatic N) is 4. The van der Waals surface area contributed by atoms with Crippen LogP contribution in [-0.4, -0.2) is 53.6 Å². The maximum atomic E-state index is 13.2. The number of rotatable bonds is 4. The van der Waals surface area contributed by atoms with E-state index in [4.69, 9.17) is 11.6 Å². The molecule has 0 N–H and O–H groups in total. The van der Waals surface area contributed by atoms with E-state index in [2.05, 4.69) is 10.00 Å². The van der Waals surface area contributed by atoms with Gasteiger partial charge in [0.2, 0.25) is 10.0 Å². The van der Waals surface area contributed by atoms with Gasteiger partial charge >= 0.3 is 0 Å². The van der Waals surface area contributed by atoms with Crippen molar-refractivity contribution in [2.75, 3.05) is 26.2 Å². The molecule has 1 aliphatic rings. The van der Waals surface area contributed by atoms with E-state index in [9.17, 15) is 12.8 Å². The molecule has 25 heavy (non-hydrogen) atoms. The van der Waals surface area contributed by atoms with E-state index in [1.54, 1.807) is 26.1 Å². The number of aryl methyl sites for hydroxylation is 2. The molecule has 1 aromatic heterocycles. The smallest absolute Gasteiger partial charge is 0.246 e. The van der Waals surface area contributed by atoms with Crippen molar-refractivity contribution in [2.45, 2.75) is 18.4 Å². The number of halogens is 2. The molecule has 1 fully saturated rings. The Morgan fingerprint density at radius 2 is 1.92 bits per heavy atom. The summed E-state index contributed by atoms with van der Waals surface area (Å²) in [6, 6.07) is 4.66. The molecule has 0 bridgehead atoms. The number of piperazine rings is 1. The molecule has 2 aromatic rings. The second kappa shape index (κ2) is 7.03. The van der Waals surface area contributed by atoms with Crippen LogP contribution in [0.4, 0.5) is 4.39 Å². The van der Waals surface area contributed by atoms with Gasteiger partial charge in [-0.15, -0.1) is 0 Å². The molecule has 1 saturated heterocycles. The van der Waals surface area contributed by atoms with Crippen LogP contribution < -0.4 is 0 Å². The molecule has 1 aromatic carbocycles. The fraction of sp³-hybridized carbons (Fsp3) is 0.438. The van der Waals surface area contributed by atoms with E-state index in [1.165, 1.54) is 21.3 Å². The lowest BCUT2D eigenvalue weighted by molar-refractivity contribution is 0.181. The predicted molar refractivity (Wildman–Crippen MR) is 93.4 cm³/mol. The average Bonchev–Trinajstić information content (AvgIpc) is 2.91. The van der Waals surface area contributed by atoms with Gasteiger partial charge in [-0.05, 0) is 24.6 Å².